The summed E-state index contributed by atoms with van der Waals surface area (Å²) in [5.74, 6) is -0.0162. The van der Waals surface area contributed by atoms with E-state index in [1.165, 1.54) is 6.92 Å². The lowest BCUT2D eigenvalue weighted by Crippen LogP contribution is -2.21. The summed E-state index contributed by atoms with van der Waals surface area (Å²) in [6, 6.07) is 0. The fourth-order valence-corrected chi connectivity index (χ4v) is 0.203. The molecule has 0 aliphatic rings. The molecule has 0 aliphatic carbocycles. The minimum atomic E-state index is -0.0162. The average Bonchev–Trinajstić information content (AvgIpc) is 1.35. The van der Waals surface area contributed by atoms with Gasteiger partial charge in [0.25, 0.3) is 0 Å². The summed E-state index contributed by atoms with van der Waals surface area (Å²) >= 11 is 0. The van der Waals surface area contributed by atoms with Gasteiger partial charge in [-0.1, -0.05) is 6.82 Å². The summed E-state index contributed by atoms with van der Waals surface area (Å²) in [7, 11) is 1.60. The van der Waals surface area contributed by atoms with Gasteiger partial charge in [-0.25, -0.2) is 0 Å². The van der Waals surface area contributed by atoms with Gasteiger partial charge in [-0.3, -0.25) is 4.79 Å². The Balaban J connectivity index is 2.83. The molecule has 0 saturated carbocycles. The van der Waals surface area contributed by atoms with Crippen LogP contribution in [0.4, 0.5) is 0 Å². The van der Waals surface area contributed by atoms with E-state index in [1.807, 2.05) is 0 Å². The molecule has 0 unspecified atom stereocenters. The lowest BCUT2D eigenvalue weighted by molar-refractivity contribution is -0.117. The average molecular weight is 83.9 g/mol. The number of hydrogen-bond donors (Lipinski definition) is 1. The minimum absolute atomic E-state index is 0.0162. The smallest absolute Gasteiger partial charge is 0.242 e. The Labute approximate surface area is 38.2 Å². The molecule has 1 N–H and O–H groups in total. The van der Waals surface area contributed by atoms with Crippen LogP contribution in [0.5, 0.6) is 0 Å². The molecule has 3 heteroatoms. The summed E-state index contributed by atoms with van der Waals surface area (Å²) in [6.07, 6.45) is 0. The van der Waals surface area contributed by atoms with Gasteiger partial charge < -0.3 is 5.23 Å². The Hall–Kier alpha value is -0.465. The third kappa shape index (κ3) is 3.53. The van der Waals surface area contributed by atoms with Crippen molar-refractivity contribution in [3.63, 3.8) is 0 Å². The molecule has 2 nitrogen and oxygen atoms in total. The van der Waals surface area contributed by atoms with Crippen LogP contribution in [-0.4, -0.2) is 13.3 Å². The first-order valence-electron chi connectivity index (χ1n) is 1.82. The van der Waals surface area contributed by atoms with Gasteiger partial charge >= 0.3 is 0 Å². The predicted molar refractivity (Wildman–Crippen MR) is 25.4 cm³/mol. The maximum atomic E-state index is 9.90. The molecule has 0 saturated heterocycles. The maximum Gasteiger partial charge on any atom is 0.242 e. The molecule has 0 aromatic heterocycles. The number of carbonyl (C=O) groups is 1. The molecule has 0 aliphatic heterocycles. The van der Waals surface area contributed by atoms with E-state index in [2.05, 4.69) is 5.23 Å². The molecule has 1 radical (unpaired) electrons. The topological polar surface area (TPSA) is 29.1 Å². The molecule has 0 atom stereocenters. The second-order valence-corrected chi connectivity index (χ2v) is 0.989. The van der Waals surface area contributed by atoms with Gasteiger partial charge in [-0.2, -0.15) is 0 Å². The van der Waals surface area contributed by atoms with Crippen LogP contribution in [0, 0.1) is 0 Å². The molecule has 33 valence electrons. The van der Waals surface area contributed by atoms with Crippen molar-refractivity contribution in [1.29, 1.82) is 0 Å². The van der Waals surface area contributed by atoms with Crippen molar-refractivity contribution in [2.45, 2.75) is 13.7 Å². The summed E-state index contributed by atoms with van der Waals surface area (Å²) < 4.78 is 0. The first-order valence-corrected chi connectivity index (χ1v) is 1.82. The highest BCUT2D eigenvalue weighted by molar-refractivity contribution is 6.34. The molecule has 6 heavy (non-hydrogen) atoms. The highest BCUT2D eigenvalue weighted by atomic mass is 16.1. The number of carbonyl (C=O) groups excluding carboxylic acids is 1. The first-order chi connectivity index (χ1) is 2.77. The van der Waals surface area contributed by atoms with Crippen molar-refractivity contribution in [3.05, 3.63) is 0 Å². The van der Waals surface area contributed by atoms with Crippen LogP contribution in [0.15, 0.2) is 0 Å². The second-order valence-electron chi connectivity index (χ2n) is 0.989. The quantitative estimate of drug-likeness (QED) is 0.437. The minimum Gasteiger partial charge on any atom is -0.404 e. The molecule has 0 heterocycles. The van der Waals surface area contributed by atoms with Crippen molar-refractivity contribution in [1.82, 2.24) is 5.23 Å². The van der Waals surface area contributed by atoms with Crippen LogP contribution in [0.3, 0.4) is 0 Å². The van der Waals surface area contributed by atoms with Crippen molar-refractivity contribution < 1.29 is 4.79 Å². The highest BCUT2D eigenvalue weighted by Gasteiger charge is 1.81. The summed E-state index contributed by atoms with van der Waals surface area (Å²) in [6.45, 7) is 3.24. The third-order valence-corrected chi connectivity index (χ3v) is 0.348. The second kappa shape index (κ2) is 2.76. The van der Waals surface area contributed by atoms with Gasteiger partial charge in [0.15, 0.2) is 0 Å². The fraction of sp³-hybridized carbons (Fsp3) is 0.667. The van der Waals surface area contributed by atoms with Gasteiger partial charge in [0.05, 0.1) is 0 Å². The SMILES string of the molecule is C[B]NC(C)=O. The van der Waals surface area contributed by atoms with Crippen LogP contribution in [0.2, 0.25) is 6.82 Å². The Morgan fingerprint density at radius 3 is 2.33 bits per heavy atom. The zero-order valence-corrected chi connectivity index (χ0v) is 3.99. The van der Waals surface area contributed by atoms with E-state index in [1.54, 1.807) is 14.2 Å². The molecular formula is C3H7BNO. The van der Waals surface area contributed by atoms with E-state index in [4.69, 9.17) is 0 Å². The van der Waals surface area contributed by atoms with Crippen LogP contribution in [0.25, 0.3) is 0 Å². The highest BCUT2D eigenvalue weighted by Crippen LogP contribution is 1.51. The van der Waals surface area contributed by atoms with Gasteiger partial charge in [0.2, 0.25) is 13.3 Å². The molecule has 0 bridgehead atoms. The Morgan fingerprint density at radius 2 is 2.33 bits per heavy atom. The van der Waals surface area contributed by atoms with Crippen LogP contribution < -0.4 is 5.23 Å². The van der Waals surface area contributed by atoms with Crippen LogP contribution >= 0.6 is 0 Å². The van der Waals surface area contributed by atoms with Gasteiger partial charge in [-0.15, -0.1) is 0 Å². The van der Waals surface area contributed by atoms with E-state index in [0.717, 1.165) is 0 Å². The lowest BCUT2D eigenvalue weighted by atomic mass is 10.0. The molecular weight excluding hydrogens is 76.9 g/mol. The van der Waals surface area contributed by atoms with Crippen molar-refractivity contribution in [2.24, 2.45) is 0 Å². The van der Waals surface area contributed by atoms with E-state index in [-0.39, 0.29) is 5.91 Å². The standard InChI is InChI=1S/C3H7BNO/c1-3(6)5-4-2/h1-2H3,(H,5,6). The summed E-state index contributed by atoms with van der Waals surface area (Å²) in [5.41, 5.74) is 0. The van der Waals surface area contributed by atoms with Crippen molar-refractivity contribution in [2.75, 3.05) is 0 Å². The van der Waals surface area contributed by atoms with E-state index in [9.17, 15) is 4.79 Å². The Morgan fingerprint density at radius 1 is 1.83 bits per heavy atom. The largest absolute Gasteiger partial charge is 0.404 e. The fourth-order valence-electron chi connectivity index (χ4n) is 0.203. The van der Waals surface area contributed by atoms with E-state index in [0.29, 0.717) is 0 Å². The number of nitrogens with one attached hydrogen (secondary N) is 1. The predicted octanol–water partition coefficient (Wildman–Crippen LogP) is -0.210. The van der Waals surface area contributed by atoms with Crippen LogP contribution in [0.1, 0.15) is 6.92 Å². The summed E-state index contributed by atoms with van der Waals surface area (Å²) in [4.78, 5) is 9.90. The number of hydrogen-bond acceptors (Lipinski definition) is 1. The maximum absolute atomic E-state index is 9.90. The van der Waals surface area contributed by atoms with Crippen molar-refractivity contribution in [3.8, 4) is 0 Å². The molecule has 0 fully saturated rings. The normalized spacial score (nSPS) is 7.00. The number of amides is 1. The lowest BCUT2D eigenvalue weighted by Gasteiger charge is -1.86. The third-order valence-electron chi connectivity index (χ3n) is 0.348. The Bertz CT molecular complexity index is 54.8. The first kappa shape index (κ1) is 5.53. The number of rotatable bonds is 1. The Kier molecular flexibility index (Phi) is 2.54. The van der Waals surface area contributed by atoms with Gasteiger partial charge in [0.1, 0.15) is 0 Å². The summed E-state index contributed by atoms with van der Waals surface area (Å²) in [5, 5.41) is 2.44. The monoisotopic (exact) mass is 84.1 g/mol. The van der Waals surface area contributed by atoms with Crippen LogP contribution in [-0.2, 0) is 4.79 Å². The van der Waals surface area contributed by atoms with E-state index < -0.39 is 0 Å². The molecule has 0 spiro atoms. The van der Waals surface area contributed by atoms with Gasteiger partial charge in [0, 0.05) is 6.92 Å². The zero-order chi connectivity index (χ0) is 4.99. The van der Waals surface area contributed by atoms with E-state index >= 15 is 0 Å². The van der Waals surface area contributed by atoms with Crippen molar-refractivity contribution >= 4 is 13.3 Å². The zero-order valence-electron chi connectivity index (χ0n) is 3.99. The molecule has 1 amide bonds. The molecule has 0 aromatic carbocycles. The molecule has 0 rings (SSSR count). The molecule has 0 aromatic rings. The van der Waals surface area contributed by atoms with Gasteiger partial charge in [-0.05, 0) is 0 Å².